The topological polar surface area (TPSA) is 59.6 Å². The standard InChI is InChI=1S/C21H26N2O3/c1-3-16(4-2)20(17-8-6-5-7-9-17)23-21(24)22-13-15-10-11-18-19(12-15)26-14-25-18/h5-12,16,20H,3-4,13-14H2,1-2H3,(H2,22,23,24). The van der Waals surface area contributed by atoms with E-state index >= 15 is 0 Å². The molecule has 0 fully saturated rings. The van der Waals surface area contributed by atoms with Gasteiger partial charge in [-0.15, -0.1) is 0 Å². The molecule has 1 heterocycles. The minimum absolute atomic E-state index is 0.00274. The van der Waals surface area contributed by atoms with Crippen molar-refractivity contribution in [2.75, 3.05) is 6.79 Å². The van der Waals surface area contributed by atoms with Crippen LogP contribution in [0.3, 0.4) is 0 Å². The van der Waals surface area contributed by atoms with Gasteiger partial charge in [-0.2, -0.15) is 0 Å². The molecule has 1 aliphatic heterocycles. The molecule has 0 aromatic heterocycles. The van der Waals surface area contributed by atoms with Gasteiger partial charge in [0.2, 0.25) is 6.79 Å². The summed E-state index contributed by atoms with van der Waals surface area (Å²) in [5.41, 5.74) is 2.11. The number of hydrogen-bond acceptors (Lipinski definition) is 3. The first-order valence-corrected chi connectivity index (χ1v) is 9.19. The summed E-state index contributed by atoms with van der Waals surface area (Å²) >= 11 is 0. The lowest BCUT2D eigenvalue weighted by Crippen LogP contribution is -2.40. The van der Waals surface area contributed by atoms with Gasteiger partial charge in [0.25, 0.3) is 0 Å². The molecule has 0 spiro atoms. The first kappa shape index (κ1) is 18.1. The van der Waals surface area contributed by atoms with Crippen LogP contribution in [0.5, 0.6) is 11.5 Å². The fourth-order valence-corrected chi connectivity index (χ4v) is 3.32. The Labute approximate surface area is 154 Å². The van der Waals surface area contributed by atoms with Crippen molar-refractivity contribution in [3.05, 3.63) is 59.7 Å². The molecule has 1 atom stereocenters. The molecular formula is C21H26N2O3. The SMILES string of the molecule is CCC(CC)C(NC(=O)NCc1ccc2c(c1)OCO2)c1ccccc1. The summed E-state index contributed by atoms with van der Waals surface area (Å²) in [6.45, 7) is 5.01. The number of carbonyl (C=O) groups excluding carboxylic acids is 1. The molecule has 0 aliphatic carbocycles. The van der Waals surface area contributed by atoms with Crippen LogP contribution in [0.15, 0.2) is 48.5 Å². The van der Waals surface area contributed by atoms with E-state index in [0.717, 1.165) is 35.5 Å². The maximum atomic E-state index is 12.5. The first-order chi connectivity index (χ1) is 12.7. The summed E-state index contributed by atoms with van der Waals surface area (Å²) in [6.07, 6.45) is 2.02. The van der Waals surface area contributed by atoms with Gasteiger partial charge in [0.1, 0.15) is 0 Å². The van der Waals surface area contributed by atoms with Crippen molar-refractivity contribution in [1.29, 1.82) is 0 Å². The van der Waals surface area contributed by atoms with Gasteiger partial charge < -0.3 is 20.1 Å². The largest absolute Gasteiger partial charge is 0.454 e. The minimum Gasteiger partial charge on any atom is -0.454 e. The third-order valence-electron chi connectivity index (χ3n) is 4.86. The Hall–Kier alpha value is -2.69. The second-order valence-corrected chi connectivity index (χ2v) is 6.48. The van der Waals surface area contributed by atoms with Crippen LogP contribution in [0.1, 0.15) is 43.9 Å². The van der Waals surface area contributed by atoms with Gasteiger partial charge in [-0.3, -0.25) is 0 Å². The maximum Gasteiger partial charge on any atom is 0.315 e. The van der Waals surface area contributed by atoms with Gasteiger partial charge in [-0.05, 0) is 29.2 Å². The van der Waals surface area contributed by atoms with Gasteiger partial charge in [0, 0.05) is 6.54 Å². The Morgan fingerprint density at radius 1 is 1.04 bits per heavy atom. The lowest BCUT2D eigenvalue weighted by molar-refractivity contribution is 0.174. The number of nitrogens with one attached hydrogen (secondary N) is 2. The zero-order valence-corrected chi connectivity index (χ0v) is 15.3. The molecule has 1 aliphatic rings. The number of amides is 2. The van der Waals surface area contributed by atoms with Crippen molar-refractivity contribution >= 4 is 6.03 Å². The van der Waals surface area contributed by atoms with Crippen LogP contribution in [0.4, 0.5) is 4.79 Å². The van der Waals surface area contributed by atoms with Crippen LogP contribution in [-0.4, -0.2) is 12.8 Å². The zero-order chi connectivity index (χ0) is 18.4. The molecule has 0 saturated carbocycles. The van der Waals surface area contributed by atoms with E-state index in [4.69, 9.17) is 9.47 Å². The number of carbonyl (C=O) groups is 1. The number of ether oxygens (including phenoxy) is 2. The van der Waals surface area contributed by atoms with Gasteiger partial charge >= 0.3 is 6.03 Å². The van der Waals surface area contributed by atoms with Crippen LogP contribution in [0.2, 0.25) is 0 Å². The second-order valence-electron chi connectivity index (χ2n) is 6.48. The molecule has 0 radical (unpaired) electrons. The van der Waals surface area contributed by atoms with Crippen molar-refractivity contribution in [3.8, 4) is 11.5 Å². The van der Waals surface area contributed by atoms with Crippen LogP contribution < -0.4 is 20.1 Å². The highest BCUT2D eigenvalue weighted by molar-refractivity contribution is 5.74. The maximum absolute atomic E-state index is 12.5. The van der Waals surface area contributed by atoms with E-state index < -0.39 is 0 Å². The average Bonchev–Trinajstić information content (AvgIpc) is 3.15. The highest BCUT2D eigenvalue weighted by atomic mass is 16.7. The summed E-state index contributed by atoms with van der Waals surface area (Å²) in [7, 11) is 0. The van der Waals surface area contributed by atoms with E-state index in [2.05, 4.69) is 36.6 Å². The minimum atomic E-state index is -0.164. The van der Waals surface area contributed by atoms with Crippen LogP contribution in [0.25, 0.3) is 0 Å². The van der Waals surface area contributed by atoms with Crippen LogP contribution in [-0.2, 0) is 6.54 Å². The molecule has 2 aromatic carbocycles. The van der Waals surface area contributed by atoms with Crippen molar-refractivity contribution in [2.45, 2.75) is 39.3 Å². The Balaban J connectivity index is 1.62. The molecule has 26 heavy (non-hydrogen) atoms. The van der Waals surface area contributed by atoms with Gasteiger partial charge in [0.15, 0.2) is 11.5 Å². The zero-order valence-electron chi connectivity index (χ0n) is 15.3. The summed E-state index contributed by atoms with van der Waals surface area (Å²) in [5.74, 6) is 1.87. The average molecular weight is 354 g/mol. The van der Waals surface area contributed by atoms with Crippen molar-refractivity contribution in [2.24, 2.45) is 5.92 Å². The van der Waals surface area contributed by atoms with Gasteiger partial charge in [-0.25, -0.2) is 4.79 Å². The lowest BCUT2D eigenvalue weighted by Gasteiger charge is -2.27. The fourth-order valence-electron chi connectivity index (χ4n) is 3.32. The third kappa shape index (κ3) is 4.28. The van der Waals surface area contributed by atoms with E-state index in [9.17, 15) is 4.79 Å². The number of hydrogen-bond donors (Lipinski definition) is 2. The lowest BCUT2D eigenvalue weighted by atomic mass is 9.89. The first-order valence-electron chi connectivity index (χ1n) is 9.19. The Kier molecular flexibility index (Phi) is 6.00. The van der Waals surface area contributed by atoms with Crippen molar-refractivity contribution in [1.82, 2.24) is 10.6 Å². The summed E-state index contributed by atoms with van der Waals surface area (Å²) in [6, 6.07) is 15.7. The van der Waals surface area contributed by atoms with E-state index in [1.165, 1.54) is 0 Å². The predicted molar refractivity (Wildman–Crippen MR) is 101 cm³/mol. The monoisotopic (exact) mass is 354 g/mol. The molecule has 138 valence electrons. The highest BCUT2D eigenvalue weighted by Gasteiger charge is 2.22. The molecule has 1 unspecified atom stereocenters. The van der Waals surface area contributed by atoms with Crippen LogP contribution in [0, 0.1) is 5.92 Å². The third-order valence-corrected chi connectivity index (χ3v) is 4.86. The number of rotatable bonds is 7. The van der Waals surface area contributed by atoms with Crippen molar-refractivity contribution in [3.63, 3.8) is 0 Å². The molecule has 2 N–H and O–H groups in total. The smallest absolute Gasteiger partial charge is 0.315 e. The van der Waals surface area contributed by atoms with Crippen LogP contribution >= 0.6 is 0 Å². The molecule has 3 rings (SSSR count). The van der Waals surface area contributed by atoms with E-state index in [1.807, 2.05) is 36.4 Å². The molecule has 2 amide bonds. The Morgan fingerprint density at radius 3 is 2.50 bits per heavy atom. The summed E-state index contributed by atoms with van der Waals surface area (Å²) in [5, 5.41) is 6.10. The summed E-state index contributed by atoms with van der Waals surface area (Å²) in [4.78, 5) is 12.5. The van der Waals surface area contributed by atoms with E-state index in [0.29, 0.717) is 12.5 Å². The molecule has 5 heteroatoms. The number of urea groups is 1. The second kappa shape index (κ2) is 8.61. The molecule has 0 saturated heterocycles. The highest BCUT2D eigenvalue weighted by Crippen LogP contribution is 2.32. The van der Waals surface area contributed by atoms with Gasteiger partial charge in [-0.1, -0.05) is 63.1 Å². The summed E-state index contributed by atoms with van der Waals surface area (Å²) < 4.78 is 10.7. The predicted octanol–water partition coefficient (Wildman–Crippen LogP) is 4.39. The number of fused-ring (bicyclic) bond motifs is 1. The van der Waals surface area contributed by atoms with Crippen molar-refractivity contribution < 1.29 is 14.3 Å². The molecule has 5 nitrogen and oxygen atoms in total. The van der Waals surface area contributed by atoms with E-state index in [-0.39, 0.29) is 18.9 Å². The van der Waals surface area contributed by atoms with Gasteiger partial charge in [0.05, 0.1) is 6.04 Å². The molecule has 2 aromatic rings. The Morgan fingerprint density at radius 2 is 1.77 bits per heavy atom. The molecule has 0 bridgehead atoms. The normalized spacial score (nSPS) is 13.5. The van der Waals surface area contributed by atoms with E-state index in [1.54, 1.807) is 0 Å². The fraction of sp³-hybridized carbons (Fsp3) is 0.381. The quantitative estimate of drug-likeness (QED) is 0.775. The Bertz CT molecular complexity index is 729. The number of benzene rings is 2. The molecular weight excluding hydrogens is 328 g/mol.